The summed E-state index contributed by atoms with van der Waals surface area (Å²) in [6.07, 6.45) is 1.95. The molecule has 1 fully saturated rings. The van der Waals surface area contributed by atoms with Gasteiger partial charge >= 0.3 is 0 Å². The highest BCUT2D eigenvalue weighted by Gasteiger charge is 2.32. The van der Waals surface area contributed by atoms with Crippen molar-refractivity contribution in [2.45, 2.75) is 40.2 Å². The molecule has 1 heterocycles. The topological polar surface area (TPSA) is 29.5 Å². The minimum absolute atomic E-state index is 0.0307. The molecule has 5 heteroatoms. The number of carbonyl (C=O) groups excluding carboxylic acids is 1. The Balaban J connectivity index is 1.89. The van der Waals surface area contributed by atoms with Crippen molar-refractivity contribution in [1.29, 1.82) is 0 Å². The van der Waals surface area contributed by atoms with Gasteiger partial charge in [0.15, 0.2) is 0 Å². The molecule has 2 aromatic rings. The van der Waals surface area contributed by atoms with Crippen LogP contribution in [-0.4, -0.2) is 22.2 Å². The average Bonchev–Trinajstić information content (AvgIpc) is 2.92. The van der Waals surface area contributed by atoms with E-state index >= 15 is 0 Å². The quantitative estimate of drug-likeness (QED) is 0.457. The summed E-state index contributed by atoms with van der Waals surface area (Å²) in [6, 6.07) is 12.3. The van der Waals surface area contributed by atoms with Crippen molar-refractivity contribution in [1.82, 2.24) is 4.90 Å². The SMILES string of the molecule is COc1cc(C)c(/C=C2\SC(=S)N(Cc3ccc(C)cc3)C2=O)cc1C(C)C. The van der Waals surface area contributed by atoms with Crippen LogP contribution in [0.2, 0.25) is 0 Å². The first-order valence-corrected chi connectivity index (χ1v) is 10.5. The summed E-state index contributed by atoms with van der Waals surface area (Å²) in [5.74, 6) is 1.19. The average molecular weight is 412 g/mol. The van der Waals surface area contributed by atoms with E-state index in [0.29, 0.717) is 21.7 Å². The van der Waals surface area contributed by atoms with Crippen molar-refractivity contribution in [2.75, 3.05) is 7.11 Å². The van der Waals surface area contributed by atoms with E-state index in [1.165, 1.54) is 17.3 Å². The summed E-state index contributed by atoms with van der Waals surface area (Å²) in [5.41, 5.74) is 5.51. The number of hydrogen-bond donors (Lipinski definition) is 0. The maximum absolute atomic E-state index is 13.0. The number of carbonyl (C=O) groups is 1. The fourth-order valence-electron chi connectivity index (χ4n) is 3.15. The Morgan fingerprint density at radius 1 is 1.18 bits per heavy atom. The van der Waals surface area contributed by atoms with Gasteiger partial charge in [-0.15, -0.1) is 0 Å². The second kappa shape index (κ2) is 8.50. The van der Waals surface area contributed by atoms with Crippen LogP contribution in [0.25, 0.3) is 6.08 Å². The predicted molar refractivity (Wildman–Crippen MR) is 122 cm³/mol. The first-order chi connectivity index (χ1) is 13.3. The van der Waals surface area contributed by atoms with Crippen LogP contribution in [0.1, 0.15) is 47.6 Å². The van der Waals surface area contributed by atoms with E-state index in [2.05, 4.69) is 39.0 Å². The summed E-state index contributed by atoms with van der Waals surface area (Å²) in [7, 11) is 1.69. The van der Waals surface area contributed by atoms with Gasteiger partial charge < -0.3 is 4.74 Å². The number of benzene rings is 2. The smallest absolute Gasteiger partial charge is 0.266 e. The van der Waals surface area contributed by atoms with E-state index in [4.69, 9.17) is 17.0 Å². The molecule has 0 aromatic heterocycles. The Kier molecular flexibility index (Phi) is 6.26. The number of aryl methyl sites for hydroxylation is 2. The number of thioether (sulfide) groups is 1. The van der Waals surface area contributed by atoms with Crippen LogP contribution in [0.3, 0.4) is 0 Å². The van der Waals surface area contributed by atoms with E-state index in [-0.39, 0.29) is 5.91 Å². The van der Waals surface area contributed by atoms with Crippen molar-refractivity contribution in [3.8, 4) is 5.75 Å². The van der Waals surface area contributed by atoms with Crippen LogP contribution in [0.4, 0.5) is 0 Å². The zero-order valence-electron chi connectivity index (χ0n) is 16.9. The molecule has 0 atom stereocenters. The Morgan fingerprint density at radius 2 is 1.86 bits per heavy atom. The number of rotatable bonds is 5. The molecule has 0 unspecified atom stereocenters. The third kappa shape index (κ3) is 4.31. The molecule has 3 rings (SSSR count). The summed E-state index contributed by atoms with van der Waals surface area (Å²) < 4.78 is 6.12. The standard InChI is InChI=1S/C23H25NO2S2/c1-14(2)19-11-18(16(4)10-20(19)26-5)12-21-22(25)24(23(27)28-21)13-17-8-6-15(3)7-9-17/h6-12,14H,13H2,1-5H3/b21-12-. The molecular weight excluding hydrogens is 386 g/mol. The van der Waals surface area contributed by atoms with Gasteiger partial charge in [-0.05, 0) is 60.2 Å². The number of amides is 1. The first kappa shape index (κ1) is 20.6. The zero-order chi connectivity index (χ0) is 20.4. The summed E-state index contributed by atoms with van der Waals surface area (Å²) in [5, 5.41) is 0. The number of nitrogens with zero attached hydrogens (tertiary/aromatic N) is 1. The molecular formula is C23H25NO2S2. The molecule has 0 radical (unpaired) electrons. The van der Waals surface area contributed by atoms with Gasteiger partial charge in [0, 0.05) is 0 Å². The van der Waals surface area contributed by atoms with E-state index in [1.807, 2.05) is 31.2 Å². The predicted octanol–water partition coefficient (Wildman–Crippen LogP) is 5.84. The number of hydrogen-bond acceptors (Lipinski definition) is 4. The van der Waals surface area contributed by atoms with E-state index in [1.54, 1.807) is 12.0 Å². The highest BCUT2D eigenvalue weighted by atomic mass is 32.2. The van der Waals surface area contributed by atoms with Crippen LogP contribution in [0, 0.1) is 13.8 Å². The van der Waals surface area contributed by atoms with Gasteiger partial charge in [0.2, 0.25) is 0 Å². The molecule has 0 bridgehead atoms. The third-order valence-corrected chi connectivity index (χ3v) is 6.24. The lowest BCUT2D eigenvalue weighted by Gasteiger charge is -2.15. The third-order valence-electron chi connectivity index (χ3n) is 4.86. The summed E-state index contributed by atoms with van der Waals surface area (Å²) >= 11 is 6.85. The Morgan fingerprint density at radius 3 is 2.46 bits per heavy atom. The Hall–Kier alpha value is -2.11. The second-order valence-electron chi connectivity index (χ2n) is 7.36. The van der Waals surface area contributed by atoms with Crippen molar-refractivity contribution in [3.63, 3.8) is 0 Å². The highest BCUT2D eigenvalue weighted by Crippen LogP contribution is 2.36. The van der Waals surface area contributed by atoms with E-state index < -0.39 is 0 Å². The van der Waals surface area contributed by atoms with Gasteiger partial charge in [0.05, 0.1) is 18.6 Å². The lowest BCUT2D eigenvalue weighted by molar-refractivity contribution is -0.122. The molecule has 2 aromatic carbocycles. The van der Waals surface area contributed by atoms with E-state index in [9.17, 15) is 4.79 Å². The van der Waals surface area contributed by atoms with Crippen LogP contribution in [0.15, 0.2) is 41.3 Å². The molecule has 28 heavy (non-hydrogen) atoms. The monoisotopic (exact) mass is 411 g/mol. The van der Waals surface area contributed by atoms with Gasteiger partial charge in [-0.3, -0.25) is 9.69 Å². The molecule has 0 saturated carbocycles. The van der Waals surface area contributed by atoms with Crippen LogP contribution in [0.5, 0.6) is 5.75 Å². The minimum Gasteiger partial charge on any atom is -0.496 e. The maximum atomic E-state index is 13.0. The fourth-order valence-corrected chi connectivity index (χ4v) is 4.40. The molecule has 3 nitrogen and oxygen atoms in total. The minimum atomic E-state index is -0.0307. The summed E-state index contributed by atoms with van der Waals surface area (Å²) in [6.45, 7) is 8.86. The molecule has 146 valence electrons. The van der Waals surface area contributed by atoms with Gasteiger partial charge in [0.1, 0.15) is 10.1 Å². The van der Waals surface area contributed by atoms with Crippen LogP contribution >= 0.6 is 24.0 Å². The van der Waals surface area contributed by atoms with Gasteiger partial charge in [-0.1, -0.05) is 67.7 Å². The van der Waals surface area contributed by atoms with Crippen molar-refractivity contribution < 1.29 is 9.53 Å². The molecule has 0 spiro atoms. The molecule has 1 saturated heterocycles. The van der Waals surface area contributed by atoms with Gasteiger partial charge in [0.25, 0.3) is 5.91 Å². The number of thiocarbonyl (C=S) groups is 1. The normalized spacial score (nSPS) is 15.8. The fraction of sp³-hybridized carbons (Fsp3) is 0.304. The largest absolute Gasteiger partial charge is 0.496 e. The van der Waals surface area contributed by atoms with Gasteiger partial charge in [-0.2, -0.15) is 0 Å². The Bertz CT molecular complexity index is 946. The zero-order valence-corrected chi connectivity index (χ0v) is 18.5. The molecule has 1 aliphatic heterocycles. The summed E-state index contributed by atoms with van der Waals surface area (Å²) in [4.78, 5) is 15.3. The van der Waals surface area contributed by atoms with Crippen molar-refractivity contribution in [3.05, 3.63) is 69.1 Å². The van der Waals surface area contributed by atoms with Crippen LogP contribution < -0.4 is 4.74 Å². The Labute approximate surface area is 176 Å². The van der Waals surface area contributed by atoms with Crippen molar-refractivity contribution in [2.24, 2.45) is 0 Å². The van der Waals surface area contributed by atoms with Crippen LogP contribution in [-0.2, 0) is 11.3 Å². The number of methoxy groups -OCH3 is 1. The van der Waals surface area contributed by atoms with Crippen molar-refractivity contribution >= 4 is 40.3 Å². The second-order valence-corrected chi connectivity index (χ2v) is 9.03. The molecule has 0 aliphatic carbocycles. The molecule has 1 amide bonds. The van der Waals surface area contributed by atoms with E-state index in [0.717, 1.165) is 28.0 Å². The molecule has 1 aliphatic rings. The first-order valence-electron chi connectivity index (χ1n) is 9.29. The lowest BCUT2D eigenvalue weighted by atomic mass is 9.96. The maximum Gasteiger partial charge on any atom is 0.266 e. The lowest BCUT2D eigenvalue weighted by Crippen LogP contribution is -2.27. The number of ether oxygens (including phenoxy) is 1. The molecule has 0 N–H and O–H groups in total. The highest BCUT2D eigenvalue weighted by molar-refractivity contribution is 8.26. The van der Waals surface area contributed by atoms with Gasteiger partial charge in [-0.25, -0.2) is 0 Å².